The molecule has 2 rings (SSSR count). The predicted octanol–water partition coefficient (Wildman–Crippen LogP) is 2.46. The first-order chi connectivity index (χ1) is 8.56. The van der Waals surface area contributed by atoms with Crippen molar-refractivity contribution >= 4 is 0 Å². The molecule has 3 heteroatoms. The Morgan fingerprint density at radius 3 is 2.72 bits per heavy atom. The van der Waals surface area contributed by atoms with Crippen molar-refractivity contribution in [2.24, 2.45) is 5.41 Å². The van der Waals surface area contributed by atoms with Crippen LogP contribution in [0.2, 0.25) is 0 Å². The molecule has 0 amide bonds. The van der Waals surface area contributed by atoms with Crippen molar-refractivity contribution in [3.8, 4) is 0 Å². The summed E-state index contributed by atoms with van der Waals surface area (Å²) in [7, 11) is 0. The number of nitrogens with zero attached hydrogens (tertiary/aromatic N) is 2. The van der Waals surface area contributed by atoms with E-state index >= 15 is 0 Å². The molecular formula is C15H25N3. The van der Waals surface area contributed by atoms with E-state index in [0.29, 0.717) is 11.5 Å². The van der Waals surface area contributed by atoms with Crippen LogP contribution in [0.25, 0.3) is 0 Å². The minimum Gasteiger partial charge on any atom is -0.314 e. The monoisotopic (exact) mass is 247 g/mol. The molecule has 0 saturated carbocycles. The first-order valence-electron chi connectivity index (χ1n) is 6.91. The first kappa shape index (κ1) is 13.5. The summed E-state index contributed by atoms with van der Waals surface area (Å²) < 4.78 is 0. The van der Waals surface area contributed by atoms with Crippen LogP contribution in [0.15, 0.2) is 24.5 Å². The second-order valence-electron chi connectivity index (χ2n) is 6.35. The quantitative estimate of drug-likeness (QED) is 0.889. The molecule has 1 aromatic heterocycles. The van der Waals surface area contributed by atoms with Gasteiger partial charge in [0.2, 0.25) is 0 Å². The summed E-state index contributed by atoms with van der Waals surface area (Å²) in [4.78, 5) is 6.72. The molecule has 1 atom stereocenters. The normalized spacial score (nSPS) is 22.1. The number of piperazine rings is 1. The van der Waals surface area contributed by atoms with Crippen LogP contribution in [-0.2, 0) is 0 Å². The molecule has 1 aliphatic rings. The summed E-state index contributed by atoms with van der Waals surface area (Å²) in [6.45, 7) is 11.4. The van der Waals surface area contributed by atoms with Crippen molar-refractivity contribution < 1.29 is 0 Å². The maximum atomic E-state index is 4.11. The number of aromatic nitrogens is 1. The van der Waals surface area contributed by atoms with Gasteiger partial charge in [0.15, 0.2) is 0 Å². The second kappa shape index (κ2) is 5.81. The molecule has 1 unspecified atom stereocenters. The van der Waals surface area contributed by atoms with Gasteiger partial charge in [-0.1, -0.05) is 20.8 Å². The van der Waals surface area contributed by atoms with Crippen LogP contribution in [0, 0.1) is 5.41 Å². The molecule has 0 radical (unpaired) electrons. The highest BCUT2D eigenvalue weighted by molar-refractivity contribution is 5.16. The van der Waals surface area contributed by atoms with Crippen molar-refractivity contribution in [3.05, 3.63) is 30.1 Å². The summed E-state index contributed by atoms with van der Waals surface area (Å²) in [6.07, 6.45) is 5.03. The zero-order valence-electron chi connectivity index (χ0n) is 11.8. The zero-order valence-corrected chi connectivity index (χ0v) is 11.8. The lowest BCUT2D eigenvalue weighted by molar-refractivity contribution is 0.141. The third-order valence-electron chi connectivity index (χ3n) is 3.59. The highest BCUT2D eigenvalue weighted by Crippen LogP contribution is 2.25. The minimum absolute atomic E-state index is 0.410. The Labute approximate surface area is 111 Å². The van der Waals surface area contributed by atoms with Gasteiger partial charge in [-0.2, -0.15) is 0 Å². The molecule has 1 N–H and O–H groups in total. The average Bonchev–Trinajstić information content (AvgIpc) is 2.37. The van der Waals surface area contributed by atoms with E-state index in [4.69, 9.17) is 0 Å². The molecule has 3 nitrogen and oxygen atoms in total. The molecule has 18 heavy (non-hydrogen) atoms. The Kier molecular flexibility index (Phi) is 4.36. The van der Waals surface area contributed by atoms with Gasteiger partial charge in [0.25, 0.3) is 0 Å². The van der Waals surface area contributed by atoms with E-state index in [9.17, 15) is 0 Å². The fourth-order valence-corrected chi connectivity index (χ4v) is 2.41. The summed E-state index contributed by atoms with van der Waals surface area (Å²) in [5.41, 5.74) is 1.79. The van der Waals surface area contributed by atoms with Crippen LogP contribution in [-0.4, -0.2) is 36.1 Å². The first-order valence-corrected chi connectivity index (χ1v) is 6.91. The van der Waals surface area contributed by atoms with Crippen molar-refractivity contribution in [3.63, 3.8) is 0 Å². The molecule has 1 aromatic rings. The van der Waals surface area contributed by atoms with Crippen molar-refractivity contribution in [1.29, 1.82) is 0 Å². The van der Waals surface area contributed by atoms with Gasteiger partial charge in [0, 0.05) is 38.1 Å². The molecule has 1 saturated heterocycles. The van der Waals surface area contributed by atoms with E-state index in [1.807, 2.05) is 12.4 Å². The molecule has 0 bridgehead atoms. The molecule has 100 valence electrons. The van der Waals surface area contributed by atoms with Gasteiger partial charge in [-0.15, -0.1) is 0 Å². The summed E-state index contributed by atoms with van der Waals surface area (Å²) in [5, 5.41) is 3.50. The van der Waals surface area contributed by atoms with Gasteiger partial charge in [-0.25, -0.2) is 0 Å². The van der Waals surface area contributed by atoms with Gasteiger partial charge >= 0.3 is 0 Å². The van der Waals surface area contributed by atoms with Crippen LogP contribution in [0.5, 0.6) is 0 Å². The lowest BCUT2D eigenvalue weighted by atomic mass is 9.91. The molecule has 0 aromatic carbocycles. The maximum absolute atomic E-state index is 4.11. The van der Waals surface area contributed by atoms with E-state index in [2.05, 4.69) is 48.1 Å². The van der Waals surface area contributed by atoms with Crippen LogP contribution < -0.4 is 5.32 Å². The Hall–Kier alpha value is -0.930. The molecule has 0 spiro atoms. The van der Waals surface area contributed by atoms with E-state index in [0.717, 1.165) is 19.6 Å². The van der Waals surface area contributed by atoms with Crippen molar-refractivity contribution in [2.75, 3.05) is 26.2 Å². The largest absolute Gasteiger partial charge is 0.314 e. The second-order valence-corrected chi connectivity index (χ2v) is 6.35. The highest BCUT2D eigenvalue weighted by atomic mass is 15.2. The maximum Gasteiger partial charge on any atom is 0.0474 e. The molecule has 0 aliphatic carbocycles. The van der Waals surface area contributed by atoms with Gasteiger partial charge in [0.1, 0.15) is 0 Å². The average molecular weight is 247 g/mol. The fourth-order valence-electron chi connectivity index (χ4n) is 2.41. The molecule has 2 heterocycles. The van der Waals surface area contributed by atoms with E-state index < -0.39 is 0 Å². The Bertz CT molecular complexity index is 356. The van der Waals surface area contributed by atoms with Crippen LogP contribution in [0.1, 0.15) is 38.8 Å². The van der Waals surface area contributed by atoms with Crippen molar-refractivity contribution in [1.82, 2.24) is 15.2 Å². The number of rotatable bonds is 3. The molecule has 1 fully saturated rings. The van der Waals surface area contributed by atoms with Gasteiger partial charge in [-0.05, 0) is 36.1 Å². The Morgan fingerprint density at radius 1 is 1.33 bits per heavy atom. The summed E-state index contributed by atoms with van der Waals surface area (Å²) >= 11 is 0. The smallest absolute Gasteiger partial charge is 0.0474 e. The highest BCUT2D eigenvalue weighted by Gasteiger charge is 2.24. The zero-order chi connectivity index (χ0) is 13.0. The van der Waals surface area contributed by atoms with Gasteiger partial charge in [-0.3, -0.25) is 9.88 Å². The third-order valence-corrected chi connectivity index (χ3v) is 3.59. The number of nitrogens with one attached hydrogen (secondary N) is 1. The van der Waals surface area contributed by atoms with Gasteiger partial charge < -0.3 is 5.32 Å². The van der Waals surface area contributed by atoms with E-state index in [1.165, 1.54) is 18.5 Å². The standard InChI is InChI=1S/C15H25N3/c1-15(2,3)6-10-18-11-9-17-12-14(18)13-4-7-16-8-5-13/h4-5,7-8,14,17H,6,9-12H2,1-3H3. The van der Waals surface area contributed by atoms with Crippen LogP contribution in [0.4, 0.5) is 0 Å². The lowest BCUT2D eigenvalue weighted by Crippen LogP contribution is -2.46. The number of pyridine rings is 1. The topological polar surface area (TPSA) is 28.2 Å². The van der Waals surface area contributed by atoms with E-state index in [-0.39, 0.29) is 0 Å². The van der Waals surface area contributed by atoms with Gasteiger partial charge in [0.05, 0.1) is 0 Å². The number of hydrogen-bond acceptors (Lipinski definition) is 3. The van der Waals surface area contributed by atoms with Crippen LogP contribution >= 0.6 is 0 Å². The SMILES string of the molecule is CC(C)(C)CCN1CCNCC1c1ccncc1. The third kappa shape index (κ3) is 3.79. The van der Waals surface area contributed by atoms with E-state index in [1.54, 1.807) is 0 Å². The van der Waals surface area contributed by atoms with Crippen molar-refractivity contribution in [2.45, 2.75) is 33.2 Å². The molecule has 1 aliphatic heterocycles. The minimum atomic E-state index is 0.410. The summed E-state index contributed by atoms with van der Waals surface area (Å²) in [6, 6.07) is 4.79. The molecular weight excluding hydrogens is 222 g/mol. The number of hydrogen-bond donors (Lipinski definition) is 1. The summed E-state index contributed by atoms with van der Waals surface area (Å²) in [5.74, 6) is 0. The Balaban J connectivity index is 2.02. The van der Waals surface area contributed by atoms with Crippen LogP contribution in [0.3, 0.4) is 0 Å². The Morgan fingerprint density at radius 2 is 2.06 bits per heavy atom. The lowest BCUT2D eigenvalue weighted by Gasteiger charge is -2.37. The fraction of sp³-hybridized carbons (Fsp3) is 0.667. The predicted molar refractivity (Wildman–Crippen MR) is 75.5 cm³/mol.